The highest BCUT2D eigenvalue weighted by Gasteiger charge is 2.05. The van der Waals surface area contributed by atoms with Gasteiger partial charge in [0.2, 0.25) is 5.91 Å². The minimum absolute atomic E-state index is 0.101. The van der Waals surface area contributed by atoms with Gasteiger partial charge in [0.15, 0.2) is 0 Å². The number of carbonyl (C=O) groups is 2. The first kappa shape index (κ1) is 13.0. The molecule has 0 aliphatic carbocycles. The van der Waals surface area contributed by atoms with Crippen molar-refractivity contribution in [1.29, 1.82) is 0 Å². The molecule has 1 aromatic rings. The first-order chi connectivity index (χ1) is 8.02. The van der Waals surface area contributed by atoms with Crippen molar-refractivity contribution in [1.82, 2.24) is 10.6 Å². The van der Waals surface area contributed by atoms with Crippen LogP contribution in [0.3, 0.4) is 0 Å². The fourth-order valence-electron chi connectivity index (χ4n) is 1.12. The normalized spacial score (nSPS) is 9.59. The monoisotopic (exact) mass is 239 g/mol. The summed E-state index contributed by atoms with van der Waals surface area (Å²) >= 11 is 0. The third-order valence-corrected chi connectivity index (χ3v) is 2.10. The van der Waals surface area contributed by atoms with Gasteiger partial charge >= 0.3 is 6.03 Å². The van der Waals surface area contributed by atoms with Crippen LogP contribution in [0.2, 0.25) is 0 Å². The van der Waals surface area contributed by atoms with Crippen LogP contribution < -0.4 is 16.0 Å². The number of rotatable bonds is 3. The summed E-state index contributed by atoms with van der Waals surface area (Å²) in [5, 5.41) is 7.04. The molecule has 6 heteroatoms. The maximum Gasteiger partial charge on any atom is 0.321 e. The summed E-state index contributed by atoms with van der Waals surface area (Å²) < 4.78 is 13.2. The van der Waals surface area contributed by atoms with Crippen LogP contribution in [0.4, 0.5) is 14.9 Å². The van der Waals surface area contributed by atoms with Crippen LogP contribution >= 0.6 is 0 Å². The fraction of sp³-hybridized carbons (Fsp3) is 0.273. The second-order valence-corrected chi connectivity index (χ2v) is 3.44. The highest BCUT2D eigenvalue weighted by molar-refractivity contribution is 5.96. The van der Waals surface area contributed by atoms with E-state index in [1.54, 1.807) is 19.1 Å². The standard InChI is InChI=1S/C11H14FN3O2/c1-7-3-4-8(5-9(7)12)14-6-10(16)15-11(17)13-2/h3-5,14H,6H2,1-2H3,(H2,13,15,16,17). The number of anilines is 1. The molecule has 17 heavy (non-hydrogen) atoms. The van der Waals surface area contributed by atoms with E-state index in [1.165, 1.54) is 13.1 Å². The average molecular weight is 239 g/mol. The molecule has 0 saturated carbocycles. The van der Waals surface area contributed by atoms with E-state index in [-0.39, 0.29) is 12.4 Å². The largest absolute Gasteiger partial charge is 0.376 e. The van der Waals surface area contributed by atoms with Gasteiger partial charge in [0, 0.05) is 12.7 Å². The van der Waals surface area contributed by atoms with E-state index in [1.807, 2.05) is 0 Å². The molecule has 1 rings (SSSR count). The van der Waals surface area contributed by atoms with Crippen molar-refractivity contribution in [2.45, 2.75) is 6.92 Å². The maximum atomic E-state index is 13.2. The van der Waals surface area contributed by atoms with E-state index < -0.39 is 11.9 Å². The van der Waals surface area contributed by atoms with Gasteiger partial charge in [-0.25, -0.2) is 9.18 Å². The van der Waals surface area contributed by atoms with Gasteiger partial charge in [0.05, 0.1) is 6.54 Å². The number of benzene rings is 1. The van der Waals surface area contributed by atoms with E-state index in [0.29, 0.717) is 11.3 Å². The van der Waals surface area contributed by atoms with Crippen molar-refractivity contribution in [3.63, 3.8) is 0 Å². The highest BCUT2D eigenvalue weighted by Crippen LogP contribution is 2.12. The molecule has 0 aromatic heterocycles. The molecular weight excluding hydrogens is 225 g/mol. The molecule has 0 unspecified atom stereocenters. The van der Waals surface area contributed by atoms with Gasteiger partial charge in [0.1, 0.15) is 5.82 Å². The summed E-state index contributed by atoms with van der Waals surface area (Å²) in [6.07, 6.45) is 0. The van der Waals surface area contributed by atoms with Gasteiger partial charge in [-0.3, -0.25) is 10.1 Å². The number of amides is 3. The van der Waals surface area contributed by atoms with Crippen LogP contribution in [0.15, 0.2) is 18.2 Å². The number of hydrogen-bond donors (Lipinski definition) is 3. The van der Waals surface area contributed by atoms with Gasteiger partial charge < -0.3 is 10.6 Å². The molecule has 0 saturated heterocycles. The lowest BCUT2D eigenvalue weighted by Gasteiger charge is -2.07. The second kappa shape index (κ2) is 5.83. The van der Waals surface area contributed by atoms with Crippen LogP contribution in [-0.4, -0.2) is 25.5 Å². The maximum absolute atomic E-state index is 13.2. The quantitative estimate of drug-likeness (QED) is 0.737. The summed E-state index contributed by atoms with van der Waals surface area (Å²) in [5.74, 6) is -0.841. The Morgan fingerprint density at radius 1 is 1.35 bits per heavy atom. The molecule has 3 amide bonds. The molecule has 0 fully saturated rings. The van der Waals surface area contributed by atoms with Crippen LogP contribution in [0, 0.1) is 12.7 Å². The Balaban J connectivity index is 2.47. The van der Waals surface area contributed by atoms with Crippen molar-refractivity contribution < 1.29 is 14.0 Å². The van der Waals surface area contributed by atoms with Crippen LogP contribution in [0.5, 0.6) is 0 Å². The number of hydrogen-bond acceptors (Lipinski definition) is 3. The Morgan fingerprint density at radius 2 is 2.06 bits per heavy atom. The Hall–Kier alpha value is -2.11. The lowest BCUT2D eigenvalue weighted by molar-refractivity contribution is -0.118. The topological polar surface area (TPSA) is 70.2 Å². The van der Waals surface area contributed by atoms with Crippen molar-refractivity contribution in [3.8, 4) is 0 Å². The van der Waals surface area contributed by atoms with Gasteiger partial charge in [0.25, 0.3) is 0 Å². The predicted octanol–water partition coefficient (Wildman–Crippen LogP) is 1.00. The predicted molar refractivity (Wildman–Crippen MR) is 62.2 cm³/mol. The Bertz CT molecular complexity index is 435. The molecule has 0 heterocycles. The molecule has 0 radical (unpaired) electrons. The fourth-order valence-corrected chi connectivity index (χ4v) is 1.12. The van der Waals surface area contributed by atoms with Gasteiger partial charge in [-0.1, -0.05) is 6.07 Å². The first-order valence-corrected chi connectivity index (χ1v) is 5.04. The van der Waals surface area contributed by atoms with E-state index in [9.17, 15) is 14.0 Å². The zero-order valence-electron chi connectivity index (χ0n) is 9.63. The number of imide groups is 1. The number of urea groups is 1. The van der Waals surface area contributed by atoms with Gasteiger partial charge in [-0.2, -0.15) is 0 Å². The number of halogens is 1. The molecule has 0 aliphatic heterocycles. The van der Waals surface area contributed by atoms with Crippen molar-refractivity contribution in [3.05, 3.63) is 29.6 Å². The molecule has 0 bridgehead atoms. The molecule has 3 N–H and O–H groups in total. The van der Waals surface area contributed by atoms with Crippen molar-refractivity contribution in [2.75, 3.05) is 18.9 Å². The van der Waals surface area contributed by atoms with E-state index in [4.69, 9.17) is 0 Å². The SMILES string of the molecule is CNC(=O)NC(=O)CNc1ccc(C)c(F)c1. The Morgan fingerprint density at radius 3 is 2.65 bits per heavy atom. The zero-order valence-corrected chi connectivity index (χ0v) is 9.63. The minimum Gasteiger partial charge on any atom is -0.376 e. The lowest BCUT2D eigenvalue weighted by atomic mass is 10.2. The van der Waals surface area contributed by atoms with Crippen LogP contribution in [0.25, 0.3) is 0 Å². The molecular formula is C11H14FN3O2. The first-order valence-electron chi connectivity index (χ1n) is 5.04. The molecule has 5 nitrogen and oxygen atoms in total. The molecule has 0 aliphatic rings. The Kier molecular flexibility index (Phi) is 4.45. The third kappa shape index (κ3) is 4.10. The van der Waals surface area contributed by atoms with Crippen molar-refractivity contribution in [2.24, 2.45) is 0 Å². The van der Waals surface area contributed by atoms with E-state index >= 15 is 0 Å². The molecule has 0 atom stereocenters. The number of aryl methyl sites for hydroxylation is 1. The van der Waals surface area contributed by atoms with E-state index in [0.717, 1.165) is 0 Å². The summed E-state index contributed by atoms with van der Waals surface area (Å²) in [4.78, 5) is 22.0. The minimum atomic E-state index is -0.577. The summed E-state index contributed by atoms with van der Waals surface area (Å²) in [6, 6.07) is 3.98. The second-order valence-electron chi connectivity index (χ2n) is 3.44. The average Bonchev–Trinajstić information content (AvgIpc) is 2.30. The van der Waals surface area contributed by atoms with Crippen molar-refractivity contribution >= 4 is 17.6 Å². The smallest absolute Gasteiger partial charge is 0.321 e. The number of carbonyl (C=O) groups excluding carboxylic acids is 2. The molecule has 1 aromatic carbocycles. The summed E-state index contributed by atoms with van der Waals surface area (Å²) in [5.41, 5.74) is 1.02. The molecule has 92 valence electrons. The zero-order chi connectivity index (χ0) is 12.8. The number of nitrogens with one attached hydrogen (secondary N) is 3. The van der Waals surface area contributed by atoms with Gasteiger partial charge in [-0.05, 0) is 24.6 Å². The van der Waals surface area contributed by atoms with Crippen LogP contribution in [0.1, 0.15) is 5.56 Å². The van der Waals surface area contributed by atoms with E-state index in [2.05, 4.69) is 16.0 Å². The highest BCUT2D eigenvalue weighted by atomic mass is 19.1. The van der Waals surface area contributed by atoms with Crippen LogP contribution in [-0.2, 0) is 4.79 Å². The Labute approximate surface area is 98.4 Å². The molecule has 0 spiro atoms. The summed E-state index contributed by atoms with van der Waals surface area (Å²) in [7, 11) is 1.41. The van der Waals surface area contributed by atoms with Gasteiger partial charge in [-0.15, -0.1) is 0 Å². The summed E-state index contributed by atoms with van der Waals surface area (Å²) in [6.45, 7) is 1.55. The third-order valence-electron chi connectivity index (χ3n) is 2.10. The lowest BCUT2D eigenvalue weighted by Crippen LogP contribution is -2.40.